The topological polar surface area (TPSA) is 42.1 Å². The summed E-state index contributed by atoms with van der Waals surface area (Å²) in [6.07, 6.45) is 0. The number of hydrogen-bond donors (Lipinski definition) is 1. The SMILES string of the molecule is CCN(CC)c1ccc(-c2csc(CN)n2)cc1. The van der Waals surface area contributed by atoms with Crippen molar-refractivity contribution in [2.75, 3.05) is 18.0 Å². The molecule has 3 nitrogen and oxygen atoms in total. The van der Waals surface area contributed by atoms with E-state index < -0.39 is 0 Å². The molecular weight excluding hydrogens is 242 g/mol. The monoisotopic (exact) mass is 261 g/mol. The molecule has 0 unspecified atom stereocenters. The quantitative estimate of drug-likeness (QED) is 0.899. The van der Waals surface area contributed by atoms with Gasteiger partial charge in [0.05, 0.1) is 5.69 Å². The molecule has 0 spiro atoms. The van der Waals surface area contributed by atoms with Crippen LogP contribution in [0.2, 0.25) is 0 Å². The van der Waals surface area contributed by atoms with Gasteiger partial charge in [0, 0.05) is 36.3 Å². The number of rotatable bonds is 5. The van der Waals surface area contributed by atoms with Crippen LogP contribution in [0, 0.1) is 0 Å². The zero-order valence-corrected chi connectivity index (χ0v) is 11.7. The molecule has 96 valence electrons. The lowest BCUT2D eigenvalue weighted by atomic mass is 10.1. The summed E-state index contributed by atoms with van der Waals surface area (Å²) < 4.78 is 0. The molecular formula is C14H19N3S. The van der Waals surface area contributed by atoms with Crippen molar-refractivity contribution in [3.63, 3.8) is 0 Å². The van der Waals surface area contributed by atoms with Gasteiger partial charge in [-0.25, -0.2) is 4.98 Å². The molecule has 0 aliphatic rings. The van der Waals surface area contributed by atoms with Crippen molar-refractivity contribution < 1.29 is 0 Å². The van der Waals surface area contributed by atoms with Gasteiger partial charge in [0.2, 0.25) is 0 Å². The van der Waals surface area contributed by atoms with Gasteiger partial charge in [0.1, 0.15) is 5.01 Å². The third-order valence-corrected chi connectivity index (χ3v) is 3.89. The maximum Gasteiger partial charge on any atom is 0.107 e. The number of nitrogens with zero attached hydrogens (tertiary/aromatic N) is 2. The van der Waals surface area contributed by atoms with Gasteiger partial charge in [0.15, 0.2) is 0 Å². The molecule has 2 rings (SSSR count). The standard InChI is InChI=1S/C14H19N3S/c1-3-17(4-2)12-7-5-11(6-8-12)13-10-18-14(9-15)16-13/h5-8,10H,3-4,9,15H2,1-2H3. The minimum Gasteiger partial charge on any atom is -0.372 e. The van der Waals surface area contributed by atoms with Crippen LogP contribution >= 0.6 is 11.3 Å². The highest BCUT2D eigenvalue weighted by atomic mass is 32.1. The molecule has 0 fully saturated rings. The van der Waals surface area contributed by atoms with Crippen LogP contribution in [0.4, 0.5) is 5.69 Å². The number of benzene rings is 1. The summed E-state index contributed by atoms with van der Waals surface area (Å²) in [4.78, 5) is 6.82. The first-order chi connectivity index (χ1) is 8.78. The van der Waals surface area contributed by atoms with Crippen molar-refractivity contribution >= 4 is 17.0 Å². The van der Waals surface area contributed by atoms with E-state index >= 15 is 0 Å². The van der Waals surface area contributed by atoms with Crippen LogP contribution in [0.25, 0.3) is 11.3 Å². The normalized spacial score (nSPS) is 10.6. The van der Waals surface area contributed by atoms with Crippen LogP contribution in [-0.2, 0) is 6.54 Å². The minimum atomic E-state index is 0.516. The second-order valence-corrected chi connectivity index (χ2v) is 4.99. The van der Waals surface area contributed by atoms with E-state index in [0.29, 0.717) is 6.54 Å². The number of anilines is 1. The molecule has 0 saturated heterocycles. The molecule has 0 atom stereocenters. The molecule has 1 aromatic carbocycles. The molecule has 0 aliphatic carbocycles. The van der Waals surface area contributed by atoms with Crippen molar-refractivity contribution in [3.05, 3.63) is 34.7 Å². The minimum absolute atomic E-state index is 0.516. The highest BCUT2D eigenvalue weighted by Crippen LogP contribution is 2.24. The first-order valence-corrected chi connectivity index (χ1v) is 7.16. The van der Waals surface area contributed by atoms with Crippen molar-refractivity contribution in [2.45, 2.75) is 20.4 Å². The van der Waals surface area contributed by atoms with E-state index in [2.05, 4.69) is 53.4 Å². The highest BCUT2D eigenvalue weighted by molar-refractivity contribution is 7.09. The molecule has 1 aromatic heterocycles. The largest absolute Gasteiger partial charge is 0.372 e. The number of thiazole rings is 1. The lowest BCUT2D eigenvalue weighted by Crippen LogP contribution is -2.21. The van der Waals surface area contributed by atoms with E-state index in [9.17, 15) is 0 Å². The summed E-state index contributed by atoms with van der Waals surface area (Å²) in [6, 6.07) is 8.57. The average molecular weight is 261 g/mol. The summed E-state index contributed by atoms with van der Waals surface area (Å²) in [5.74, 6) is 0. The summed E-state index contributed by atoms with van der Waals surface area (Å²) in [5.41, 5.74) is 9.02. The Morgan fingerprint density at radius 1 is 1.17 bits per heavy atom. The van der Waals surface area contributed by atoms with E-state index in [4.69, 9.17) is 5.73 Å². The van der Waals surface area contributed by atoms with Crippen LogP contribution < -0.4 is 10.6 Å². The number of aromatic nitrogens is 1. The highest BCUT2D eigenvalue weighted by Gasteiger charge is 2.05. The smallest absolute Gasteiger partial charge is 0.107 e. The Balaban J connectivity index is 2.21. The van der Waals surface area contributed by atoms with Gasteiger partial charge < -0.3 is 10.6 Å². The van der Waals surface area contributed by atoms with Gasteiger partial charge in [-0.05, 0) is 26.0 Å². The third kappa shape index (κ3) is 2.71. The molecule has 18 heavy (non-hydrogen) atoms. The Kier molecular flexibility index (Phi) is 4.33. The van der Waals surface area contributed by atoms with E-state index in [1.54, 1.807) is 11.3 Å². The fourth-order valence-electron chi connectivity index (χ4n) is 1.97. The van der Waals surface area contributed by atoms with Crippen LogP contribution in [-0.4, -0.2) is 18.1 Å². The van der Waals surface area contributed by atoms with Crippen LogP contribution in [0.15, 0.2) is 29.6 Å². The average Bonchev–Trinajstić information content (AvgIpc) is 2.90. The predicted octanol–water partition coefficient (Wildman–Crippen LogP) is 3.12. The zero-order chi connectivity index (χ0) is 13.0. The molecule has 1 heterocycles. The van der Waals surface area contributed by atoms with Crippen LogP contribution in [0.5, 0.6) is 0 Å². The summed E-state index contributed by atoms with van der Waals surface area (Å²) in [6.45, 7) is 6.92. The van der Waals surface area contributed by atoms with E-state index in [-0.39, 0.29) is 0 Å². The Morgan fingerprint density at radius 2 is 1.83 bits per heavy atom. The van der Waals surface area contributed by atoms with E-state index in [1.165, 1.54) is 5.69 Å². The van der Waals surface area contributed by atoms with Crippen LogP contribution in [0.3, 0.4) is 0 Å². The fraction of sp³-hybridized carbons (Fsp3) is 0.357. The Bertz CT molecular complexity index is 486. The summed E-state index contributed by atoms with van der Waals surface area (Å²) in [5, 5.41) is 3.05. The number of nitrogens with two attached hydrogens (primary N) is 1. The summed E-state index contributed by atoms with van der Waals surface area (Å²) in [7, 11) is 0. The predicted molar refractivity (Wildman–Crippen MR) is 79.0 cm³/mol. The second-order valence-electron chi connectivity index (χ2n) is 4.05. The van der Waals surface area contributed by atoms with Crippen molar-refractivity contribution in [1.29, 1.82) is 0 Å². The van der Waals surface area contributed by atoms with Gasteiger partial charge in [0.25, 0.3) is 0 Å². The fourth-order valence-corrected chi connectivity index (χ4v) is 2.65. The molecule has 4 heteroatoms. The third-order valence-electron chi connectivity index (χ3n) is 3.02. The van der Waals surface area contributed by atoms with Gasteiger partial charge in [-0.1, -0.05) is 12.1 Å². The molecule has 0 aliphatic heterocycles. The molecule has 2 N–H and O–H groups in total. The van der Waals surface area contributed by atoms with Gasteiger partial charge >= 0.3 is 0 Å². The van der Waals surface area contributed by atoms with Gasteiger partial charge in [-0.3, -0.25) is 0 Å². The van der Waals surface area contributed by atoms with Crippen molar-refractivity contribution in [3.8, 4) is 11.3 Å². The lowest BCUT2D eigenvalue weighted by molar-refractivity contribution is 0.866. The second kappa shape index (κ2) is 5.98. The number of hydrogen-bond acceptors (Lipinski definition) is 4. The van der Waals surface area contributed by atoms with Crippen LogP contribution in [0.1, 0.15) is 18.9 Å². The maximum absolute atomic E-state index is 5.58. The first kappa shape index (κ1) is 13.1. The Hall–Kier alpha value is -1.39. The zero-order valence-electron chi connectivity index (χ0n) is 10.9. The summed E-state index contributed by atoms with van der Waals surface area (Å²) >= 11 is 1.62. The first-order valence-electron chi connectivity index (χ1n) is 6.28. The van der Waals surface area contributed by atoms with Gasteiger partial charge in [-0.15, -0.1) is 11.3 Å². The van der Waals surface area contributed by atoms with Crippen molar-refractivity contribution in [2.24, 2.45) is 5.73 Å². The Labute approximate surface area is 112 Å². The molecule has 2 aromatic rings. The van der Waals surface area contributed by atoms with E-state index in [1.807, 2.05) is 0 Å². The maximum atomic E-state index is 5.58. The molecule has 0 radical (unpaired) electrons. The Morgan fingerprint density at radius 3 is 2.33 bits per heavy atom. The lowest BCUT2D eigenvalue weighted by Gasteiger charge is -2.20. The van der Waals surface area contributed by atoms with E-state index in [0.717, 1.165) is 29.4 Å². The molecule has 0 bridgehead atoms. The molecule has 0 amide bonds. The van der Waals surface area contributed by atoms with Crippen molar-refractivity contribution in [1.82, 2.24) is 4.98 Å². The van der Waals surface area contributed by atoms with Gasteiger partial charge in [-0.2, -0.15) is 0 Å². The molecule has 0 saturated carbocycles.